The molecule has 0 bridgehead atoms. The number of nitrogens with zero attached hydrogens (tertiary/aromatic N) is 1. The quantitative estimate of drug-likeness (QED) is 0.753. The van der Waals surface area contributed by atoms with E-state index in [4.69, 9.17) is 5.73 Å². The monoisotopic (exact) mass is 251 g/mol. The maximum Gasteiger partial charge on any atom is 0.0447 e. The van der Waals surface area contributed by atoms with Gasteiger partial charge >= 0.3 is 0 Å². The molecule has 3 nitrogen and oxygen atoms in total. The second kappa shape index (κ2) is 4.77. The van der Waals surface area contributed by atoms with Crippen molar-refractivity contribution in [2.45, 2.75) is 63.6 Å². The van der Waals surface area contributed by atoms with Gasteiger partial charge < -0.3 is 11.1 Å². The molecule has 0 radical (unpaired) electrons. The molecule has 3 unspecified atom stereocenters. The lowest BCUT2D eigenvalue weighted by molar-refractivity contribution is 0.237. The zero-order chi connectivity index (χ0) is 12.8. The lowest BCUT2D eigenvalue weighted by Crippen LogP contribution is -2.54. The van der Waals surface area contributed by atoms with E-state index in [9.17, 15) is 0 Å². The molecule has 3 rings (SSSR count). The first-order chi connectivity index (χ1) is 8.63. The Kier molecular flexibility index (Phi) is 3.41. The molecular formula is C15H29N3. The van der Waals surface area contributed by atoms with Gasteiger partial charge in [0.05, 0.1) is 0 Å². The summed E-state index contributed by atoms with van der Waals surface area (Å²) >= 11 is 0. The Balaban J connectivity index is 1.56. The van der Waals surface area contributed by atoms with Crippen molar-refractivity contribution in [2.75, 3.05) is 19.6 Å². The van der Waals surface area contributed by atoms with Crippen LogP contribution in [0, 0.1) is 11.8 Å². The van der Waals surface area contributed by atoms with Crippen LogP contribution < -0.4 is 11.1 Å². The van der Waals surface area contributed by atoms with Crippen LogP contribution in [0.2, 0.25) is 0 Å². The minimum Gasteiger partial charge on any atom is -0.329 e. The van der Waals surface area contributed by atoms with E-state index in [1.165, 1.54) is 38.6 Å². The van der Waals surface area contributed by atoms with Gasteiger partial charge in [0.15, 0.2) is 0 Å². The molecule has 1 aliphatic heterocycles. The van der Waals surface area contributed by atoms with E-state index in [-0.39, 0.29) is 5.54 Å². The van der Waals surface area contributed by atoms with Crippen LogP contribution in [-0.4, -0.2) is 42.2 Å². The number of nitrogens with two attached hydrogens (primary N) is 1. The molecular weight excluding hydrogens is 222 g/mol. The summed E-state index contributed by atoms with van der Waals surface area (Å²) in [5.41, 5.74) is 6.30. The van der Waals surface area contributed by atoms with E-state index in [1.807, 2.05) is 0 Å². The topological polar surface area (TPSA) is 41.3 Å². The first kappa shape index (κ1) is 12.9. The van der Waals surface area contributed by atoms with E-state index in [1.54, 1.807) is 0 Å². The normalized spacial score (nSPS) is 39.2. The summed E-state index contributed by atoms with van der Waals surface area (Å²) in [6.45, 7) is 7.89. The van der Waals surface area contributed by atoms with Gasteiger partial charge in [0.1, 0.15) is 0 Å². The van der Waals surface area contributed by atoms with Gasteiger partial charge in [0.25, 0.3) is 0 Å². The van der Waals surface area contributed by atoms with Crippen LogP contribution in [0.1, 0.15) is 46.0 Å². The average Bonchev–Trinajstić information content (AvgIpc) is 3.25. The highest BCUT2D eigenvalue weighted by Crippen LogP contribution is 2.38. The summed E-state index contributed by atoms with van der Waals surface area (Å²) in [4.78, 5) is 2.70. The Bertz CT molecular complexity index is 298. The Labute approximate surface area is 111 Å². The molecule has 104 valence electrons. The van der Waals surface area contributed by atoms with Crippen molar-refractivity contribution in [3.8, 4) is 0 Å². The molecule has 3 fully saturated rings. The number of likely N-dealkylation sites (tertiary alicyclic amines) is 1. The van der Waals surface area contributed by atoms with Gasteiger partial charge in [-0.3, -0.25) is 4.90 Å². The lowest BCUT2D eigenvalue weighted by Gasteiger charge is -2.31. The standard InChI is InChI=1S/C15H29N3/c1-11(13-3-4-13)8-17-15(9-16)7-12(2)18(10-15)14-5-6-14/h11-14,17H,3-10,16H2,1-2H3. The largest absolute Gasteiger partial charge is 0.329 e. The van der Waals surface area contributed by atoms with E-state index in [0.717, 1.165) is 31.0 Å². The smallest absolute Gasteiger partial charge is 0.0447 e. The Morgan fingerprint density at radius 1 is 1.33 bits per heavy atom. The molecule has 18 heavy (non-hydrogen) atoms. The molecule has 0 spiro atoms. The van der Waals surface area contributed by atoms with Crippen LogP contribution >= 0.6 is 0 Å². The van der Waals surface area contributed by atoms with Crippen molar-refractivity contribution in [1.29, 1.82) is 0 Å². The number of rotatable bonds is 6. The van der Waals surface area contributed by atoms with Crippen molar-refractivity contribution in [1.82, 2.24) is 10.2 Å². The minimum absolute atomic E-state index is 0.200. The van der Waals surface area contributed by atoms with Crippen LogP contribution in [0.3, 0.4) is 0 Å². The zero-order valence-corrected chi connectivity index (χ0v) is 12.0. The predicted octanol–water partition coefficient (Wildman–Crippen LogP) is 1.58. The SMILES string of the molecule is CC(CNC1(CN)CC(C)N(C2CC2)C1)C1CC1. The minimum atomic E-state index is 0.200. The second-order valence-electron chi connectivity index (χ2n) is 7.14. The Hall–Kier alpha value is -0.120. The molecule has 0 aromatic rings. The highest BCUT2D eigenvalue weighted by Gasteiger charge is 2.46. The summed E-state index contributed by atoms with van der Waals surface area (Å²) < 4.78 is 0. The molecule has 0 aromatic heterocycles. The molecule has 1 heterocycles. The number of hydrogen-bond acceptors (Lipinski definition) is 3. The third-order valence-electron chi connectivity index (χ3n) is 5.37. The fraction of sp³-hybridized carbons (Fsp3) is 1.00. The molecule has 2 saturated carbocycles. The van der Waals surface area contributed by atoms with E-state index in [2.05, 4.69) is 24.1 Å². The molecule has 3 atom stereocenters. The number of hydrogen-bond donors (Lipinski definition) is 2. The highest BCUT2D eigenvalue weighted by atomic mass is 15.3. The predicted molar refractivity (Wildman–Crippen MR) is 75.5 cm³/mol. The maximum atomic E-state index is 6.10. The molecule has 0 amide bonds. The summed E-state index contributed by atoms with van der Waals surface area (Å²) in [6, 6.07) is 1.58. The van der Waals surface area contributed by atoms with Crippen molar-refractivity contribution in [3.05, 3.63) is 0 Å². The van der Waals surface area contributed by atoms with Gasteiger partial charge in [-0.1, -0.05) is 6.92 Å². The van der Waals surface area contributed by atoms with Crippen LogP contribution in [0.25, 0.3) is 0 Å². The molecule has 3 heteroatoms. The Morgan fingerprint density at radius 3 is 2.61 bits per heavy atom. The van der Waals surface area contributed by atoms with Crippen LogP contribution in [-0.2, 0) is 0 Å². The van der Waals surface area contributed by atoms with E-state index in [0.29, 0.717) is 6.04 Å². The first-order valence-corrected chi connectivity index (χ1v) is 7.84. The lowest BCUT2D eigenvalue weighted by atomic mass is 9.95. The Morgan fingerprint density at radius 2 is 2.06 bits per heavy atom. The van der Waals surface area contributed by atoms with Gasteiger partial charge in [-0.2, -0.15) is 0 Å². The molecule has 2 aliphatic carbocycles. The van der Waals surface area contributed by atoms with Crippen molar-refractivity contribution in [3.63, 3.8) is 0 Å². The van der Waals surface area contributed by atoms with E-state index >= 15 is 0 Å². The zero-order valence-electron chi connectivity index (χ0n) is 12.0. The third kappa shape index (κ3) is 2.59. The van der Waals surface area contributed by atoms with Gasteiger partial charge in [0, 0.05) is 30.7 Å². The van der Waals surface area contributed by atoms with Gasteiger partial charge in [-0.25, -0.2) is 0 Å². The molecule has 3 aliphatic rings. The second-order valence-corrected chi connectivity index (χ2v) is 7.14. The number of nitrogens with one attached hydrogen (secondary N) is 1. The van der Waals surface area contributed by atoms with Gasteiger partial charge in [-0.05, 0) is 57.4 Å². The summed E-state index contributed by atoms with van der Waals surface area (Å²) in [5, 5.41) is 3.84. The highest BCUT2D eigenvalue weighted by molar-refractivity contribution is 5.06. The first-order valence-electron chi connectivity index (χ1n) is 7.84. The fourth-order valence-electron chi connectivity index (χ4n) is 3.71. The summed E-state index contributed by atoms with van der Waals surface area (Å²) in [6.07, 6.45) is 6.94. The third-order valence-corrected chi connectivity index (χ3v) is 5.37. The van der Waals surface area contributed by atoms with Crippen LogP contribution in [0.15, 0.2) is 0 Å². The van der Waals surface area contributed by atoms with Crippen LogP contribution in [0.5, 0.6) is 0 Å². The molecule has 0 aromatic carbocycles. The van der Waals surface area contributed by atoms with Crippen molar-refractivity contribution < 1.29 is 0 Å². The van der Waals surface area contributed by atoms with Crippen molar-refractivity contribution >= 4 is 0 Å². The fourth-order valence-corrected chi connectivity index (χ4v) is 3.71. The van der Waals surface area contributed by atoms with Crippen molar-refractivity contribution in [2.24, 2.45) is 17.6 Å². The van der Waals surface area contributed by atoms with Gasteiger partial charge in [0.2, 0.25) is 0 Å². The van der Waals surface area contributed by atoms with Gasteiger partial charge in [-0.15, -0.1) is 0 Å². The van der Waals surface area contributed by atoms with Crippen LogP contribution in [0.4, 0.5) is 0 Å². The van der Waals surface area contributed by atoms with E-state index < -0.39 is 0 Å². The maximum absolute atomic E-state index is 6.10. The summed E-state index contributed by atoms with van der Waals surface area (Å²) in [5.74, 6) is 1.82. The molecule has 1 saturated heterocycles. The summed E-state index contributed by atoms with van der Waals surface area (Å²) in [7, 11) is 0. The molecule has 3 N–H and O–H groups in total. The average molecular weight is 251 g/mol.